The lowest BCUT2D eigenvalue weighted by Gasteiger charge is -2.17. The van der Waals surface area contributed by atoms with Crippen molar-refractivity contribution in [2.45, 2.75) is 19.4 Å². The Kier molecular flexibility index (Phi) is 3.79. The van der Waals surface area contributed by atoms with Crippen LogP contribution < -0.4 is 0 Å². The van der Waals surface area contributed by atoms with Crippen molar-refractivity contribution in [3.8, 4) is 22.5 Å². The summed E-state index contributed by atoms with van der Waals surface area (Å²) in [5, 5.41) is 15.7. The highest BCUT2D eigenvalue weighted by atomic mass is 16.3. The fourth-order valence-electron chi connectivity index (χ4n) is 3.56. The van der Waals surface area contributed by atoms with Crippen molar-refractivity contribution in [3.63, 3.8) is 0 Å². The van der Waals surface area contributed by atoms with Crippen LogP contribution in [0.3, 0.4) is 0 Å². The van der Waals surface area contributed by atoms with Crippen molar-refractivity contribution in [1.82, 2.24) is 19.7 Å². The van der Waals surface area contributed by atoms with Crippen LogP contribution in [0.15, 0.2) is 65.5 Å². The molecule has 0 aliphatic carbocycles. The minimum Gasteiger partial charge on any atom is -0.454 e. The molecule has 144 valence electrons. The Balaban J connectivity index is 1.65. The van der Waals surface area contributed by atoms with E-state index in [0.29, 0.717) is 11.3 Å². The number of pyridine rings is 2. The van der Waals surface area contributed by atoms with Crippen molar-refractivity contribution in [1.29, 1.82) is 0 Å². The molecule has 1 N–H and O–H groups in total. The average Bonchev–Trinajstić information content (AvgIpc) is 3.31. The molecule has 0 radical (unpaired) electrons. The van der Waals surface area contributed by atoms with Gasteiger partial charge in [-0.2, -0.15) is 5.10 Å². The van der Waals surface area contributed by atoms with E-state index in [9.17, 15) is 5.11 Å². The van der Waals surface area contributed by atoms with Crippen LogP contribution >= 0.6 is 0 Å². The second kappa shape index (κ2) is 6.25. The fraction of sp³-hybridized carbons (Fsp3) is 0.174. The Hall–Kier alpha value is -3.51. The minimum atomic E-state index is -1.02. The predicted molar refractivity (Wildman–Crippen MR) is 112 cm³/mol. The quantitative estimate of drug-likeness (QED) is 0.489. The summed E-state index contributed by atoms with van der Waals surface area (Å²) in [6.07, 6.45) is 5.32. The zero-order valence-corrected chi connectivity index (χ0v) is 16.4. The molecule has 0 aliphatic heterocycles. The fourth-order valence-corrected chi connectivity index (χ4v) is 3.56. The number of aryl methyl sites for hydroxylation is 1. The zero-order valence-electron chi connectivity index (χ0n) is 16.4. The molecule has 0 bridgehead atoms. The van der Waals surface area contributed by atoms with Crippen molar-refractivity contribution < 1.29 is 9.52 Å². The molecule has 0 amide bonds. The first kappa shape index (κ1) is 17.6. The second-order valence-electron chi connectivity index (χ2n) is 7.71. The first-order valence-corrected chi connectivity index (χ1v) is 9.40. The van der Waals surface area contributed by atoms with Gasteiger partial charge in [-0.05, 0) is 55.8 Å². The Bertz CT molecular complexity index is 1360. The molecule has 29 heavy (non-hydrogen) atoms. The molecular formula is C23H20N4O2. The second-order valence-corrected chi connectivity index (χ2v) is 7.71. The Morgan fingerprint density at radius 1 is 0.966 bits per heavy atom. The van der Waals surface area contributed by atoms with Crippen LogP contribution in [-0.4, -0.2) is 24.9 Å². The molecule has 5 aromatic rings. The van der Waals surface area contributed by atoms with Gasteiger partial charge in [0.15, 0.2) is 5.58 Å². The van der Waals surface area contributed by atoms with Crippen LogP contribution in [0, 0.1) is 0 Å². The first-order valence-electron chi connectivity index (χ1n) is 9.40. The summed E-state index contributed by atoms with van der Waals surface area (Å²) < 4.78 is 8.10. The molecule has 6 nitrogen and oxygen atoms in total. The van der Waals surface area contributed by atoms with Gasteiger partial charge in [-0.15, -0.1) is 0 Å². The topological polar surface area (TPSA) is 77.0 Å². The third kappa shape index (κ3) is 2.98. The highest BCUT2D eigenvalue weighted by molar-refractivity contribution is 5.93. The van der Waals surface area contributed by atoms with E-state index in [4.69, 9.17) is 4.42 Å². The largest absolute Gasteiger partial charge is 0.454 e. The predicted octanol–water partition coefficient (Wildman–Crippen LogP) is 4.67. The molecule has 0 fully saturated rings. The summed E-state index contributed by atoms with van der Waals surface area (Å²) >= 11 is 0. The SMILES string of the molecule is Cn1ncc2cc(-c3cc4nccc(-c5ccnc(C(C)(C)O)c5)c4o3)ccc21. The van der Waals surface area contributed by atoms with Gasteiger partial charge in [-0.3, -0.25) is 14.6 Å². The molecule has 0 saturated heterocycles. The highest BCUT2D eigenvalue weighted by Crippen LogP contribution is 2.35. The van der Waals surface area contributed by atoms with Crippen LogP contribution in [0.2, 0.25) is 0 Å². The van der Waals surface area contributed by atoms with Crippen LogP contribution in [0.5, 0.6) is 0 Å². The molecule has 6 heteroatoms. The molecule has 1 aromatic carbocycles. The number of furan rings is 1. The lowest BCUT2D eigenvalue weighted by Crippen LogP contribution is -2.17. The van der Waals surface area contributed by atoms with E-state index >= 15 is 0 Å². The standard InChI is InChI=1S/C23H20N4O2/c1-23(2,28)21-11-14(6-8-25-21)17-7-9-24-18-12-20(29-22(17)18)15-4-5-19-16(10-15)13-26-27(19)3/h4-13,28H,1-3H3. The molecule has 4 heterocycles. The summed E-state index contributed by atoms with van der Waals surface area (Å²) in [6, 6.07) is 13.8. The maximum atomic E-state index is 10.3. The first-order chi connectivity index (χ1) is 13.9. The maximum Gasteiger partial charge on any atom is 0.161 e. The Morgan fingerprint density at radius 3 is 2.62 bits per heavy atom. The van der Waals surface area contributed by atoms with E-state index < -0.39 is 5.60 Å². The van der Waals surface area contributed by atoms with E-state index in [1.807, 2.05) is 54.3 Å². The van der Waals surface area contributed by atoms with Crippen LogP contribution in [0.4, 0.5) is 0 Å². The van der Waals surface area contributed by atoms with Crippen molar-refractivity contribution in [3.05, 3.63) is 66.7 Å². The van der Waals surface area contributed by atoms with Crippen molar-refractivity contribution >= 4 is 22.0 Å². The van der Waals surface area contributed by atoms with Gasteiger partial charge < -0.3 is 9.52 Å². The van der Waals surface area contributed by atoms with E-state index in [1.165, 1.54) is 0 Å². The van der Waals surface area contributed by atoms with Gasteiger partial charge in [0.25, 0.3) is 0 Å². The van der Waals surface area contributed by atoms with Crippen LogP contribution in [0.25, 0.3) is 44.5 Å². The van der Waals surface area contributed by atoms with E-state index in [0.717, 1.165) is 38.9 Å². The number of benzene rings is 1. The van der Waals surface area contributed by atoms with Crippen LogP contribution in [0.1, 0.15) is 19.5 Å². The summed E-state index contributed by atoms with van der Waals surface area (Å²) in [4.78, 5) is 8.77. The molecule has 0 spiro atoms. The number of rotatable bonds is 3. The van der Waals surface area contributed by atoms with Crippen LogP contribution in [-0.2, 0) is 12.6 Å². The Labute approximate surface area is 167 Å². The summed E-state index contributed by atoms with van der Waals surface area (Å²) in [5.74, 6) is 0.752. The molecular weight excluding hydrogens is 364 g/mol. The van der Waals surface area contributed by atoms with Gasteiger partial charge in [-0.25, -0.2) is 0 Å². The summed E-state index contributed by atoms with van der Waals surface area (Å²) in [7, 11) is 1.93. The molecule has 5 rings (SSSR count). The van der Waals surface area contributed by atoms with E-state index in [1.54, 1.807) is 26.2 Å². The number of fused-ring (bicyclic) bond motifs is 2. The lowest BCUT2D eigenvalue weighted by molar-refractivity contribution is 0.0739. The third-order valence-corrected chi connectivity index (χ3v) is 5.14. The van der Waals surface area contributed by atoms with Gasteiger partial charge >= 0.3 is 0 Å². The smallest absolute Gasteiger partial charge is 0.161 e. The van der Waals surface area contributed by atoms with Crippen molar-refractivity contribution in [2.75, 3.05) is 0 Å². The molecule has 0 aliphatic rings. The van der Waals surface area contributed by atoms with E-state index in [2.05, 4.69) is 21.1 Å². The number of aliphatic hydroxyl groups is 1. The summed E-state index contributed by atoms with van der Waals surface area (Å²) in [5.41, 5.74) is 4.96. The van der Waals surface area contributed by atoms with Crippen molar-refractivity contribution in [2.24, 2.45) is 7.05 Å². The van der Waals surface area contributed by atoms with E-state index in [-0.39, 0.29) is 0 Å². The monoisotopic (exact) mass is 384 g/mol. The van der Waals surface area contributed by atoms with Gasteiger partial charge in [-0.1, -0.05) is 0 Å². The molecule has 4 aromatic heterocycles. The van der Waals surface area contributed by atoms with Gasteiger partial charge in [0.05, 0.1) is 17.4 Å². The molecule has 0 atom stereocenters. The van der Waals surface area contributed by atoms with Gasteiger partial charge in [0.2, 0.25) is 0 Å². The average molecular weight is 384 g/mol. The molecule has 0 saturated carbocycles. The summed E-state index contributed by atoms with van der Waals surface area (Å²) in [6.45, 7) is 3.45. The number of hydrogen-bond donors (Lipinski definition) is 1. The Morgan fingerprint density at radius 2 is 1.79 bits per heavy atom. The highest BCUT2D eigenvalue weighted by Gasteiger charge is 2.19. The lowest BCUT2D eigenvalue weighted by atomic mass is 10.00. The number of nitrogens with zero attached hydrogens (tertiary/aromatic N) is 4. The zero-order chi connectivity index (χ0) is 20.2. The number of hydrogen-bond acceptors (Lipinski definition) is 5. The van der Waals surface area contributed by atoms with Gasteiger partial charge in [0, 0.05) is 42.0 Å². The normalized spacial score (nSPS) is 12.1. The third-order valence-electron chi connectivity index (χ3n) is 5.14. The minimum absolute atomic E-state index is 0.605. The number of aromatic nitrogens is 4. The van der Waals surface area contributed by atoms with Gasteiger partial charge in [0.1, 0.15) is 16.9 Å². The maximum absolute atomic E-state index is 10.3. The molecule has 0 unspecified atom stereocenters.